The molecule has 1 fully saturated rings. The van der Waals surface area contributed by atoms with Crippen molar-refractivity contribution in [1.82, 2.24) is 4.31 Å². The molecule has 4 rings (SSSR count). The van der Waals surface area contributed by atoms with Crippen LogP contribution >= 0.6 is 0 Å². The Kier molecular flexibility index (Phi) is 6.08. The van der Waals surface area contributed by atoms with E-state index in [1.54, 1.807) is 36.4 Å². The van der Waals surface area contributed by atoms with Crippen LogP contribution in [0.5, 0.6) is 0 Å². The van der Waals surface area contributed by atoms with Gasteiger partial charge >= 0.3 is 0 Å². The highest BCUT2D eigenvalue weighted by atomic mass is 32.2. The summed E-state index contributed by atoms with van der Waals surface area (Å²) in [6.07, 6.45) is 0.0322. The lowest BCUT2D eigenvalue weighted by atomic mass is 9.99. The molecule has 1 heterocycles. The molecule has 6 heteroatoms. The SMILES string of the molecule is O=C(Cc1ccccc1S(=O)(=O)N1CCOCC1)c1ccc(-c2ccccc2)cc1. The Bertz CT molecular complexity index is 1120. The summed E-state index contributed by atoms with van der Waals surface area (Å²) in [4.78, 5) is 13.1. The van der Waals surface area contributed by atoms with E-state index in [9.17, 15) is 13.2 Å². The molecule has 30 heavy (non-hydrogen) atoms. The first-order chi connectivity index (χ1) is 14.6. The minimum absolute atomic E-state index is 0.0322. The van der Waals surface area contributed by atoms with Crippen LogP contribution in [0.1, 0.15) is 15.9 Å². The first-order valence-corrected chi connectivity index (χ1v) is 11.3. The summed E-state index contributed by atoms with van der Waals surface area (Å²) in [6, 6.07) is 24.1. The lowest BCUT2D eigenvalue weighted by molar-refractivity contribution is 0.0730. The summed E-state index contributed by atoms with van der Waals surface area (Å²) in [6.45, 7) is 1.42. The average molecular weight is 422 g/mol. The van der Waals surface area contributed by atoms with Crippen molar-refractivity contribution in [3.63, 3.8) is 0 Å². The molecule has 3 aromatic rings. The number of carbonyl (C=O) groups excluding carboxylic acids is 1. The molecule has 0 atom stereocenters. The molecule has 0 saturated carbocycles. The van der Waals surface area contributed by atoms with Crippen LogP contribution in [0.4, 0.5) is 0 Å². The summed E-state index contributed by atoms with van der Waals surface area (Å²) >= 11 is 0. The molecule has 0 amide bonds. The molecule has 1 aliphatic rings. The van der Waals surface area contributed by atoms with E-state index < -0.39 is 10.0 Å². The Hall–Kier alpha value is -2.80. The van der Waals surface area contributed by atoms with Crippen LogP contribution in [0.25, 0.3) is 11.1 Å². The number of ketones is 1. The van der Waals surface area contributed by atoms with Gasteiger partial charge in [-0.05, 0) is 22.8 Å². The summed E-state index contributed by atoms with van der Waals surface area (Å²) in [5, 5.41) is 0. The maximum Gasteiger partial charge on any atom is 0.243 e. The van der Waals surface area contributed by atoms with Gasteiger partial charge in [0, 0.05) is 25.1 Å². The highest BCUT2D eigenvalue weighted by Crippen LogP contribution is 2.24. The Balaban J connectivity index is 1.55. The number of Topliss-reactive ketones (excluding diaryl/α,β-unsaturated/α-hetero) is 1. The van der Waals surface area contributed by atoms with Gasteiger partial charge in [0.15, 0.2) is 5.78 Å². The van der Waals surface area contributed by atoms with Gasteiger partial charge in [0.25, 0.3) is 0 Å². The van der Waals surface area contributed by atoms with Crippen LogP contribution in [0.2, 0.25) is 0 Å². The van der Waals surface area contributed by atoms with Gasteiger partial charge in [0.2, 0.25) is 10.0 Å². The van der Waals surface area contributed by atoms with E-state index in [1.165, 1.54) is 4.31 Å². The van der Waals surface area contributed by atoms with E-state index in [0.29, 0.717) is 37.4 Å². The molecule has 1 aliphatic heterocycles. The number of hydrogen-bond acceptors (Lipinski definition) is 4. The number of rotatable bonds is 6. The first-order valence-electron chi connectivity index (χ1n) is 9.90. The van der Waals surface area contributed by atoms with E-state index in [4.69, 9.17) is 4.74 Å². The fourth-order valence-electron chi connectivity index (χ4n) is 3.58. The van der Waals surface area contributed by atoms with Crippen LogP contribution in [0, 0.1) is 0 Å². The zero-order valence-electron chi connectivity index (χ0n) is 16.5. The topological polar surface area (TPSA) is 63.7 Å². The van der Waals surface area contributed by atoms with E-state index in [1.807, 2.05) is 42.5 Å². The van der Waals surface area contributed by atoms with Crippen molar-refractivity contribution in [2.75, 3.05) is 26.3 Å². The molecule has 0 bridgehead atoms. The van der Waals surface area contributed by atoms with Crippen molar-refractivity contribution in [2.24, 2.45) is 0 Å². The maximum absolute atomic E-state index is 13.1. The van der Waals surface area contributed by atoms with Gasteiger partial charge in [-0.2, -0.15) is 4.31 Å². The number of carbonyl (C=O) groups is 1. The molecule has 5 nitrogen and oxygen atoms in total. The van der Waals surface area contributed by atoms with Crippen LogP contribution < -0.4 is 0 Å². The third-order valence-electron chi connectivity index (χ3n) is 5.23. The quantitative estimate of drug-likeness (QED) is 0.568. The van der Waals surface area contributed by atoms with Gasteiger partial charge in [0.1, 0.15) is 0 Å². The van der Waals surface area contributed by atoms with Gasteiger partial charge in [0.05, 0.1) is 18.1 Å². The molecule has 0 aliphatic carbocycles. The molecule has 0 aromatic heterocycles. The van der Waals surface area contributed by atoms with Crippen molar-refractivity contribution in [3.8, 4) is 11.1 Å². The van der Waals surface area contributed by atoms with Crippen LogP contribution in [0.15, 0.2) is 83.8 Å². The molecule has 0 spiro atoms. The third-order valence-corrected chi connectivity index (χ3v) is 7.22. The average Bonchev–Trinajstić information content (AvgIpc) is 2.80. The summed E-state index contributed by atoms with van der Waals surface area (Å²) < 4.78 is 32.9. The second-order valence-corrected chi connectivity index (χ2v) is 9.07. The summed E-state index contributed by atoms with van der Waals surface area (Å²) in [7, 11) is -3.66. The number of sulfonamides is 1. The first kappa shape index (κ1) is 20.5. The maximum atomic E-state index is 13.1. The van der Waals surface area contributed by atoms with Gasteiger partial charge in [-0.1, -0.05) is 72.8 Å². The highest BCUT2D eigenvalue weighted by molar-refractivity contribution is 7.89. The van der Waals surface area contributed by atoms with Crippen molar-refractivity contribution in [2.45, 2.75) is 11.3 Å². The Labute approximate surface area is 177 Å². The minimum Gasteiger partial charge on any atom is -0.379 e. The Morgan fingerprint density at radius 2 is 1.40 bits per heavy atom. The van der Waals surface area contributed by atoms with Crippen molar-refractivity contribution < 1.29 is 17.9 Å². The minimum atomic E-state index is -3.66. The molecular weight excluding hydrogens is 398 g/mol. The third kappa shape index (κ3) is 4.36. The summed E-state index contributed by atoms with van der Waals surface area (Å²) in [5.41, 5.74) is 3.19. The fraction of sp³-hybridized carbons (Fsp3) is 0.208. The molecule has 0 radical (unpaired) electrons. The van der Waals surface area contributed by atoms with Crippen molar-refractivity contribution in [1.29, 1.82) is 0 Å². The monoisotopic (exact) mass is 421 g/mol. The number of nitrogens with zero attached hydrogens (tertiary/aromatic N) is 1. The molecule has 154 valence electrons. The lowest BCUT2D eigenvalue weighted by Crippen LogP contribution is -2.41. The second-order valence-electron chi connectivity index (χ2n) is 7.17. The molecule has 0 N–H and O–H groups in total. The normalized spacial score (nSPS) is 15.1. The molecular formula is C24H23NO4S. The largest absolute Gasteiger partial charge is 0.379 e. The molecule has 0 unspecified atom stereocenters. The molecule has 1 saturated heterocycles. The number of benzene rings is 3. The van der Waals surface area contributed by atoms with E-state index in [-0.39, 0.29) is 17.1 Å². The van der Waals surface area contributed by atoms with Gasteiger partial charge in [-0.3, -0.25) is 4.79 Å². The predicted molar refractivity (Wildman–Crippen MR) is 116 cm³/mol. The second kappa shape index (κ2) is 8.92. The van der Waals surface area contributed by atoms with Crippen molar-refractivity contribution >= 4 is 15.8 Å². The Morgan fingerprint density at radius 3 is 2.10 bits per heavy atom. The van der Waals surface area contributed by atoms with Gasteiger partial charge < -0.3 is 4.74 Å². The standard InChI is InChI=1S/C24H23NO4S/c26-23(21-12-10-20(11-13-21)19-6-2-1-3-7-19)18-22-8-4-5-9-24(22)30(27,28)25-14-16-29-17-15-25/h1-13H,14-18H2. The predicted octanol–water partition coefficient (Wildman–Crippen LogP) is 3.80. The lowest BCUT2D eigenvalue weighted by Gasteiger charge is -2.26. The fourth-order valence-corrected chi connectivity index (χ4v) is 5.21. The van der Waals surface area contributed by atoms with Gasteiger partial charge in [-0.15, -0.1) is 0 Å². The van der Waals surface area contributed by atoms with E-state index >= 15 is 0 Å². The van der Waals surface area contributed by atoms with E-state index in [2.05, 4.69) is 0 Å². The molecule has 3 aromatic carbocycles. The van der Waals surface area contributed by atoms with Crippen molar-refractivity contribution in [3.05, 3.63) is 90.0 Å². The number of hydrogen-bond donors (Lipinski definition) is 0. The smallest absolute Gasteiger partial charge is 0.243 e. The summed E-state index contributed by atoms with van der Waals surface area (Å²) in [5.74, 6) is -0.112. The van der Waals surface area contributed by atoms with Crippen LogP contribution in [-0.4, -0.2) is 44.8 Å². The zero-order chi connectivity index (χ0) is 21.0. The Morgan fingerprint density at radius 1 is 0.800 bits per heavy atom. The van der Waals surface area contributed by atoms with Crippen LogP contribution in [-0.2, 0) is 21.2 Å². The zero-order valence-corrected chi connectivity index (χ0v) is 17.3. The van der Waals surface area contributed by atoms with Crippen LogP contribution in [0.3, 0.4) is 0 Å². The number of ether oxygens (including phenoxy) is 1. The highest BCUT2D eigenvalue weighted by Gasteiger charge is 2.28. The van der Waals surface area contributed by atoms with E-state index in [0.717, 1.165) is 11.1 Å². The number of morpholine rings is 1. The van der Waals surface area contributed by atoms with Gasteiger partial charge in [-0.25, -0.2) is 8.42 Å².